The minimum atomic E-state index is -4.24. The fraction of sp³-hybridized carbons (Fsp3) is 1.00. The molecule has 0 fully saturated rings. The summed E-state index contributed by atoms with van der Waals surface area (Å²) in [6.45, 7) is 2.36. The molecule has 0 aliphatic rings. The zero-order valence-electron chi connectivity index (χ0n) is 15.8. The summed E-state index contributed by atoms with van der Waals surface area (Å²) in [4.78, 5) is 0. The molecule has 0 aromatic carbocycles. The van der Waals surface area contributed by atoms with Crippen LogP contribution in [0.1, 0.15) is 110 Å². The molecule has 0 amide bonds. The number of hydrogen-bond donors (Lipinski definition) is 1. The van der Waals surface area contributed by atoms with Crippen molar-refractivity contribution in [3.05, 3.63) is 0 Å². The summed E-state index contributed by atoms with van der Waals surface area (Å²) >= 11 is 0. The van der Waals surface area contributed by atoms with Crippen molar-refractivity contribution < 1.29 is 17.2 Å². The van der Waals surface area contributed by atoms with E-state index in [1.807, 2.05) is 0 Å². The van der Waals surface area contributed by atoms with Crippen molar-refractivity contribution in [3.63, 3.8) is 0 Å². The maximum atomic E-state index is 10.3. The Balaban J connectivity index is 0. The monoisotopic (exact) mass is 374 g/mol. The molecule has 0 aromatic heterocycles. The van der Waals surface area contributed by atoms with Crippen molar-refractivity contribution >= 4 is 33.5 Å². The van der Waals surface area contributed by atoms with Gasteiger partial charge in [0.1, 0.15) is 0 Å². The fourth-order valence-electron chi connectivity index (χ4n) is 2.81. The molecule has 0 saturated carbocycles. The van der Waals surface area contributed by atoms with Crippen molar-refractivity contribution in [1.82, 2.24) is 0 Å². The molecule has 0 atom stereocenters. The van der Waals surface area contributed by atoms with Crippen molar-refractivity contribution in [2.45, 2.75) is 110 Å². The smallest absolute Gasteiger partial charge is 0.264 e. The zero-order valence-corrected chi connectivity index (χ0v) is 18.0. The van der Waals surface area contributed by atoms with Crippen molar-refractivity contribution in [2.75, 3.05) is 6.61 Å². The van der Waals surface area contributed by atoms with E-state index in [-0.39, 0.29) is 29.7 Å². The molecule has 0 aromatic rings. The average Bonchev–Trinajstić information content (AvgIpc) is 2.49. The summed E-state index contributed by atoms with van der Waals surface area (Å²) < 4.78 is 33.3. The van der Waals surface area contributed by atoms with Gasteiger partial charge in [0.25, 0.3) is 0 Å². The quantitative estimate of drug-likeness (QED) is 0.190. The molecule has 0 heterocycles. The van der Waals surface area contributed by atoms with Gasteiger partial charge in [-0.1, -0.05) is 103 Å². The molecular formula is C18H38MgO4S+2. The van der Waals surface area contributed by atoms with Crippen LogP contribution in [0.25, 0.3) is 0 Å². The summed E-state index contributed by atoms with van der Waals surface area (Å²) in [5.74, 6) is 0. The number of rotatable bonds is 18. The van der Waals surface area contributed by atoms with Gasteiger partial charge in [-0.25, -0.2) is 4.18 Å². The average molecular weight is 375 g/mol. The van der Waals surface area contributed by atoms with Crippen LogP contribution < -0.4 is 0 Å². The molecule has 1 N–H and O–H groups in total. The first kappa shape index (κ1) is 26.9. The third-order valence-corrected chi connectivity index (χ3v) is 4.69. The van der Waals surface area contributed by atoms with Crippen LogP contribution in [0, 0.1) is 0 Å². The summed E-state index contributed by atoms with van der Waals surface area (Å²) in [5.41, 5.74) is 0. The Morgan fingerprint density at radius 2 is 0.917 bits per heavy atom. The molecule has 0 rings (SSSR count). The van der Waals surface area contributed by atoms with E-state index in [4.69, 9.17) is 4.55 Å². The van der Waals surface area contributed by atoms with E-state index in [2.05, 4.69) is 11.1 Å². The Labute approximate surface area is 166 Å². The van der Waals surface area contributed by atoms with E-state index in [0.717, 1.165) is 12.8 Å². The Morgan fingerprint density at radius 1 is 0.625 bits per heavy atom. The minimum absolute atomic E-state index is 0. The van der Waals surface area contributed by atoms with Gasteiger partial charge >= 0.3 is 33.5 Å². The standard InChI is InChI=1S/C18H38O4S.Mg/c1-2-3-4-5-6-7-8-9-10-11-12-13-14-15-16-17-18-22-23(19,20)21;/h2-18H2,1H3,(H,19,20,21);/q;+2. The Bertz CT molecular complexity index is 334. The minimum Gasteiger partial charge on any atom is -0.264 e. The van der Waals surface area contributed by atoms with Crippen LogP contribution in [-0.4, -0.2) is 42.6 Å². The van der Waals surface area contributed by atoms with Crippen LogP contribution in [0.4, 0.5) is 0 Å². The van der Waals surface area contributed by atoms with E-state index in [0.29, 0.717) is 6.42 Å². The van der Waals surface area contributed by atoms with E-state index in [1.165, 1.54) is 83.5 Å². The topological polar surface area (TPSA) is 63.6 Å². The SMILES string of the molecule is CCCCCCCCCCCCCCCCCCOS(=O)(=O)O.[Mg+2]. The van der Waals surface area contributed by atoms with Gasteiger partial charge in [0.15, 0.2) is 0 Å². The molecule has 0 aliphatic heterocycles. The summed E-state index contributed by atoms with van der Waals surface area (Å²) in [5, 5.41) is 0. The van der Waals surface area contributed by atoms with Gasteiger partial charge in [0.05, 0.1) is 6.61 Å². The normalized spacial score (nSPS) is 11.4. The summed E-state index contributed by atoms with van der Waals surface area (Å²) in [6, 6.07) is 0. The second kappa shape index (κ2) is 20.0. The van der Waals surface area contributed by atoms with Crippen LogP contribution in [0.2, 0.25) is 0 Å². The first-order chi connectivity index (χ1) is 11.1. The van der Waals surface area contributed by atoms with E-state index in [9.17, 15) is 8.42 Å². The molecule has 0 radical (unpaired) electrons. The van der Waals surface area contributed by atoms with Crippen LogP contribution in [0.3, 0.4) is 0 Å². The Kier molecular flexibility index (Phi) is 22.3. The van der Waals surface area contributed by atoms with Crippen LogP contribution >= 0.6 is 0 Å². The van der Waals surface area contributed by atoms with Crippen molar-refractivity contribution in [2.24, 2.45) is 0 Å². The summed E-state index contributed by atoms with van der Waals surface area (Å²) in [7, 11) is -4.24. The molecule has 4 nitrogen and oxygen atoms in total. The number of unbranched alkanes of at least 4 members (excludes halogenated alkanes) is 15. The van der Waals surface area contributed by atoms with Gasteiger partial charge in [0, 0.05) is 0 Å². The Hall–Kier alpha value is 0.636. The van der Waals surface area contributed by atoms with E-state index in [1.54, 1.807) is 0 Å². The van der Waals surface area contributed by atoms with Gasteiger partial charge < -0.3 is 0 Å². The second-order valence-electron chi connectivity index (χ2n) is 6.55. The van der Waals surface area contributed by atoms with Crippen molar-refractivity contribution in [3.8, 4) is 0 Å². The van der Waals surface area contributed by atoms with E-state index < -0.39 is 10.4 Å². The largest absolute Gasteiger partial charge is 2.00 e. The van der Waals surface area contributed by atoms with Gasteiger partial charge in [-0.2, -0.15) is 8.42 Å². The van der Waals surface area contributed by atoms with Gasteiger partial charge in [0.2, 0.25) is 0 Å². The molecule has 140 valence electrons. The van der Waals surface area contributed by atoms with Crippen LogP contribution in [0.5, 0.6) is 0 Å². The predicted molar refractivity (Wildman–Crippen MR) is 103 cm³/mol. The molecule has 0 spiro atoms. The first-order valence-electron chi connectivity index (χ1n) is 9.68. The maximum Gasteiger partial charge on any atom is 2.00 e. The van der Waals surface area contributed by atoms with Crippen LogP contribution in [-0.2, 0) is 14.6 Å². The molecule has 6 heteroatoms. The maximum absolute atomic E-state index is 10.3. The first-order valence-corrected chi connectivity index (χ1v) is 11.0. The number of hydrogen-bond acceptors (Lipinski definition) is 3. The molecule has 0 bridgehead atoms. The third kappa shape index (κ3) is 24.9. The molecular weight excluding hydrogens is 337 g/mol. The van der Waals surface area contributed by atoms with Crippen LogP contribution in [0.15, 0.2) is 0 Å². The van der Waals surface area contributed by atoms with E-state index >= 15 is 0 Å². The second-order valence-corrected chi connectivity index (χ2v) is 7.64. The van der Waals surface area contributed by atoms with Gasteiger partial charge in [-0.05, 0) is 6.42 Å². The molecule has 0 saturated heterocycles. The third-order valence-electron chi connectivity index (χ3n) is 4.23. The molecule has 24 heavy (non-hydrogen) atoms. The zero-order chi connectivity index (χ0) is 17.2. The molecule has 0 unspecified atom stereocenters. The van der Waals surface area contributed by atoms with Crippen molar-refractivity contribution in [1.29, 1.82) is 0 Å². The van der Waals surface area contributed by atoms with Gasteiger partial charge in [-0.3, -0.25) is 4.55 Å². The Morgan fingerprint density at radius 3 is 1.21 bits per heavy atom. The van der Waals surface area contributed by atoms with Gasteiger partial charge in [-0.15, -0.1) is 0 Å². The predicted octanol–water partition coefficient (Wildman–Crippen LogP) is 5.69. The molecule has 0 aliphatic carbocycles. The summed E-state index contributed by atoms with van der Waals surface area (Å²) in [6.07, 6.45) is 20.5. The fourth-order valence-corrected chi connectivity index (χ4v) is 3.14.